The van der Waals surface area contributed by atoms with Gasteiger partial charge in [-0.2, -0.15) is 0 Å². The molecule has 0 aromatic heterocycles. The first kappa shape index (κ1) is 34.5. The van der Waals surface area contributed by atoms with Crippen LogP contribution in [0.3, 0.4) is 0 Å². The fourth-order valence-electron chi connectivity index (χ4n) is 6.81. The van der Waals surface area contributed by atoms with Crippen molar-refractivity contribution in [1.29, 1.82) is 0 Å². The standard InChI is InChI=1S/C51H47N/c1-37-5-25-45(26-6-37)51(46-27-7-38(2)8-28-46)47-29-21-43(22-30-47)19-17-41-13-15-42(16-14-41)18-20-44-23-35-50(36-24-44)52(48-31-9-39(3)10-32-48)49-33-11-40(4)12-34-49/h5-15,17-36,42,51H,16H2,1-4H3/b19-17+,20-18+. The molecule has 0 saturated carbocycles. The highest BCUT2D eigenvalue weighted by Crippen LogP contribution is 2.36. The van der Waals surface area contributed by atoms with Gasteiger partial charge in [0, 0.05) is 23.0 Å². The Balaban J connectivity index is 0.988. The Hall–Kier alpha value is -5.92. The smallest absolute Gasteiger partial charge is 0.0462 e. The first-order chi connectivity index (χ1) is 25.4. The predicted molar refractivity (Wildman–Crippen MR) is 224 cm³/mol. The molecule has 0 fully saturated rings. The lowest BCUT2D eigenvalue weighted by atomic mass is 9.84. The van der Waals surface area contributed by atoms with E-state index in [1.165, 1.54) is 55.6 Å². The summed E-state index contributed by atoms with van der Waals surface area (Å²) in [6.45, 7) is 8.55. The van der Waals surface area contributed by atoms with Gasteiger partial charge in [-0.15, -0.1) is 0 Å². The predicted octanol–water partition coefficient (Wildman–Crippen LogP) is 13.8. The van der Waals surface area contributed by atoms with Crippen molar-refractivity contribution in [2.24, 2.45) is 5.92 Å². The molecule has 0 heterocycles. The zero-order valence-corrected chi connectivity index (χ0v) is 30.7. The number of nitrogens with zero attached hydrogens (tertiary/aromatic N) is 1. The second-order valence-corrected chi connectivity index (χ2v) is 14.2. The average Bonchev–Trinajstić information content (AvgIpc) is 3.18. The topological polar surface area (TPSA) is 3.24 Å². The molecule has 0 aliphatic heterocycles. The van der Waals surface area contributed by atoms with Gasteiger partial charge in [0.05, 0.1) is 0 Å². The molecule has 0 N–H and O–H groups in total. The van der Waals surface area contributed by atoms with E-state index in [2.05, 4.69) is 221 Å². The Labute approximate surface area is 310 Å². The van der Waals surface area contributed by atoms with Crippen LogP contribution in [0.2, 0.25) is 0 Å². The van der Waals surface area contributed by atoms with Crippen LogP contribution in [0.5, 0.6) is 0 Å². The van der Waals surface area contributed by atoms with E-state index in [0.717, 1.165) is 23.5 Å². The molecule has 0 saturated heterocycles. The largest absolute Gasteiger partial charge is 0.311 e. The summed E-state index contributed by atoms with van der Waals surface area (Å²) in [4.78, 5) is 2.32. The molecule has 256 valence electrons. The highest BCUT2D eigenvalue weighted by Gasteiger charge is 2.17. The van der Waals surface area contributed by atoms with E-state index < -0.39 is 0 Å². The number of hydrogen-bond donors (Lipinski definition) is 0. The molecular formula is C51H47N. The van der Waals surface area contributed by atoms with Gasteiger partial charge in [-0.1, -0.05) is 174 Å². The number of benzene rings is 6. The number of anilines is 3. The Morgan fingerprint density at radius 2 is 0.846 bits per heavy atom. The third-order valence-corrected chi connectivity index (χ3v) is 9.99. The molecule has 1 atom stereocenters. The third kappa shape index (κ3) is 8.50. The van der Waals surface area contributed by atoms with E-state index in [1.54, 1.807) is 0 Å². The first-order valence-corrected chi connectivity index (χ1v) is 18.4. The van der Waals surface area contributed by atoms with Crippen molar-refractivity contribution < 1.29 is 0 Å². The number of allylic oxidation sites excluding steroid dienone is 6. The molecule has 1 unspecified atom stereocenters. The van der Waals surface area contributed by atoms with Gasteiger partial charge in [-0.25, -0.2) is 0 Å². The Morgan fingerprint density at radius 1 is 0.462 bits per heavy atom. The quantitative estimate of drug-likeness (QED) is 0.131. The van der Waals surface area contributed by atoms with Gasteiger partial charge in [-0.3, -0.25) is 0 Å². The highest BCUT2D eigenvalue weighted by atomic mass is 15.1. The fraction of sp³-hybridized carbons (Fsp3) is 0.137. The van der Waals surface area contributed by atoms with E-state index in [9.17, 15) is 0 Å². The van der Waals surface area contributed by atoms with E-state index in [4.69, 9.17) is 0 Å². The van der Waals surface area contributed by atoms with Crippen molar-refractivity contribution in [2.45, 2.75) is 40.0 Å². The second-order valence-electron chi connectivity index (χ2n) is 14.2. The summed E-state index contributed by atoms with van der Waals surface area (Å²) < 4.78 is 0. The van der Waals surface area contributed by atoms with Crippen LogP contribution in [-0.2, 0) is 0 Å². The van der Waals surface area contributed by atoms with Gasteiger partial charge in [0.15, 0.2) is 0 Å². The van der Waals surface area contributed by atoms with Crippen molar-refractivity contribution >= 4 is 29.2 Å². The monoisotopic (exact) mass is 673 g/mol. The van der Waals surface area contributed by atoms with Crippen molar-refractivity contribution in [3.05, 3.63) is 232 Å². The van der Waals surface area contributed by atoms with Crippen LogP contribution < -0.4 is 4.90 Å². The summed E-state index contributed by atoms with van der Waals surface area (Å²) in [5.74, 6) is 0.589. The van der Waals surface area contributed by atoms with Crippen LogP contribution in [0.15, 0.2) is 182 Å². The van der Waals surface area contributed by atoms with Gasteiger partial charge in [-0.05, 0) is 110 Å². The zero-order chi connectivity index (χ0) is 35.9. The molecule has 6 aromatic rings. The van der Waals surface area contributed by atoms with Crippen molar-refractivity contribution in [2.75, 3.05) is 4.90 Å². The van der Waals surface area contributed by atoms with Crippen LogP contribution >= 0.6 is 0 Å². The fourth-order valence-corrected chi connectivity index (χ4v) is 6.81. The molecule has 6 aromatic carbocycles. The van der Waals surface area contributed by atoms with Crippen LogP contribution in [0.25, 0.3) is 12.2 Å². The molecule has 1 aliphatic carbocycles. The van der Waals surface area contributed by atoms with E-state index >= 15 is 0 Å². The second kappa shape index (κ2) is 16.0. The van der Waals surface area contributed by atoms with Gasteiger partial charge in [0.2, 0.25) is 0 Å². The number of rotatable bonds is 10. The molecule has 0 spiro atoms. The molecule has 0 amide bonds. The Bertz CT molecular complexity index is 2100. The lowest BCUT2D eigenvalue weighted by Gasteiger charge is -2.26. The van der Waals surface area contributed by atoms with Gasteiger partial charge in [0.1, 0.15) is 0 Å². The van der Waals surface area contributed by atoms with Crippen molar-refractivity contribution in [1.82, 2.24) is 0 Å². The van der Waals surface area contributed by atoms with Crippen LogP contribution in [0, 0.1) is 33.6 Å². The zero-order valence-electron chi connectivity index (χ0n) is 30.7. The van der Waals surface area contributed by atoms with E-state index in [1.807, 2.05) is 0 Å². The SMILES string of the molecule is Cc1ccc(C(c2ccc(C)cc2)c2ccc(/C=C/C3=CCC(/C=C/c4ccc(N(c5ccc(C)cc5)c5ccc(C)cc5)cc4)C=C3)cc2)cc1. The highest BCUT2D eigenvalue weighted by molar-refractivity contribution is 5.77. The summed E-state index contributed by atoms with van der Waals surface area (Å²) in [5.41, 5.74) is 16.1. The Kier molecular flexibility index (Phi) is 10.6. The summed E-state index contributed by atoms with van der Waals surface area (Å²) >= 11 is 0. The summed E-state index contributed by atoms with van der Waals surface area (Å²) in [6, 6.07) is 53.3. The molecule has 0 bridgehead atoms. The van der Waals surface area contributed by atoms with Gasteiger partial charge in [0.25, 0.3) is 0 Å². The van der Waals surface area contributed by atoms with Gasteiger partial charge < -0.3 is 4.90 Å². The maximum atomic E-state index is 2.34. The van der Waals surface area contributed by atoms with Crippen LogP contribution in [0.4, 0.5) is 17.1 Å². The maximum Gasteiger partial charge on any atom is 0.0462 e. The molecule has 0 radical (unpaired) electrons. The average molecular weight is 674 g/mol. The lowest BCUT2D eigenvalue weighted by molar-refractivity contribution is 0.821. The minimum Gasteiger partial charge on any atom is -0.311 e. The summed E-state index contributed by atoms with van der Waals surface area (Å²) in [5, 5.41) is 0. The molecular weight excluding hydrogens is 627 g/mol. The summed E-state index contributed by atoms with van der Waals surface area (Å²) in [6.07, 6.45) is 16.9. The lowest BCUT2D eigenvalue weighted by Crippen LogP contribution is -2.09. The minimum atomic E-state index is 0.207. The third-order valence-electron chi connectivity index (χ3n) is 9.99. The van der Waals surface area contributed by atoms with E-state index in [0.29, 0.717) is 5.92 Å². The molecule has 7 rings (SSSR count). The molecule has 52 heavy (non-hydrogen) atoms. The molecule has 1 heteroatoms. The van der Waals surface area contributed by atoms with Gasteiger partial charge >= 0.3 is 0 Å². The number of hydrogen-bond acceptors (Lipinski definition) is 1. The first-order valence-electron chi connectivity index (χ1n) is 18.4. The molecule has 1 nitrogen and oxygen atoms in total. The summed E-state index contributed by atoms with van der Waals surface area (Å²) in [7, 11) is 0. The van der Waals surface area contributed by atoms with Crippen molar-refractivity contribution in [3.8, 4) is 0 Å². The van der Waals surface area contributed by atoms with Crippen LogP contribution in [-0.4, -0.2) is 0 Å². The van der Waals surface area contributed by atoms with Crippen LogP contribution in [0.1, 0.15) is 62.4 Å². The van der Waals surface area contributed by atoms with E-state index in [-0.39, 0.29) is 5.92 Å². The number of aryl methyl sites for hydroxylation is 4. The maximum absolute atomic E-state index is 2.34. The minimum absolute atomic E-state index is 0.207. The Morgan fingerprint density at radius 3 is 1.29 bits per heavy atom. The normalized spacial score (nSPS) is 14.3. The molecule has 1 aliphatic rings. The van der Waals surface area contributed by atoms with Crippen molar-refractivity contribution in [3.63, 3.8) is 0 Å².